The van der Waals surface area contributed by atoms with Crippen LogP contribution in [0.1, 0.15) is 18.1 Å². The van der Waals surface area contributed by atoms with Crippen molar-refractivity contribution in [3.63, 3.8) is 0 Å². The lowest BCUT2D eigenvalue weighted by Gasteiger charge is -2.37. The Morgan fingerprint density at radius 2 is 1.57 bits per heavy atom. The summed E-state index contributed by atoms with van der Waals surface area (Å²) in [6.07, 6.45) is 0. The van der Waals surface area contributed by atoms with Gasteiger partial charge in [0, 0.05) is 45.0 Å². The highest BCUT2D eigenvalue weighted by Gasteiger charge is 2.19. The fourth-order valence-electron chi connectivity index (χ4n) is 3.61. The van der Waals surface area contributed by atoms with Crippen LogP contribution in [0.3, 0.4) is 0 Å². The van der Waals surface area contributed by atoms with Gasteiger partial charge in [-0.3, -0.25) is 0 Å². The first kappa shape index (κ1) is 20.2. The quantitative estimate of drug-likeness (QED) is 0.618. The van der Waals surface area contributed by atoms with Gasteiger partial charge < -0.3 is 20.0 Å². The number of aliphatic imine (C=N–C) groups is 1. The highest BCUT2D eigenvalue weighted by molar-refractivity contribution is 5.80. The van der Waals surface area contributed by atoms with Crippen LogP contribution >= 0.6 is 0 Å². The second-order valence-corrected chi connectivity index (χ2v) is 7.49. The van der Waals surface area contributed by atoms with E-state index in [4.69, 9.17) is 4.99 Å². The zero-order chi connectivity index (χ0) is 19.8. The Hall–Kier alpha value is -2.53. The highest BCUT2D eigenvalue weighted by Crippen LogP contribution is 2.16. The van der Waals surface area contributed by atoms with E-state index < -0.39 is 0 Å². The van der Waals surface area contributed by atoms with E-state index in [2.05, 4.69) is 95.6 Å². The molecule has 1 aliphatic heterocycles. The molecule has 150 valence electrons. The smallest absolute Gasteiger partial charge is 0.194 e. The Balaban J connectivity index is 1.65. The molecule has 5 nitrogen and oxygen atoms in total. The van der Waals surface area contributed by atoms with Crippen molar-refractivity contribution in [3.8, 4) is 0 Å². The Bertz CT molecular complexity index is 749. The zero-order valence-electron chi connectivity index (χ0n) is 17.4. The standard InChI is InChI=1S/C23H33N5/c1-4-24-23(25-18-20-10-8-9-11-21(20)19-26(2)3)28-16-14-27(15-17-28)22-12-6-5-7-13-22/h5-13H,4,14-19H2,1-3H3,(H,24,25). The van der Waals surface area contributed by atoms with E-state index in [1.54, 1.807) is 0 Å². The Labute approximate surface area is 169 Å². The van der Waals surface area contributed by atoms with Gasteiger partial charge in [-0.15, -0.1) is 0 Å². The summed E-state index contributed by atoms with van der Waals surface area (Å²) >= 11 is 0. The lowest BCUT2D eigenvalue weighted by molar-refractivity contribution is 0.372. The number of nitrogens with one attached hydrogen (secondary N) is 1. The van der Waals surface area contributed by atoms with Crippen molar-refractivity contribution >= 4 is 11.6 Å². The van der Waals surface area contributed by atoms with Crippen LogP contribution in [0.5, 0.6) is 0 Å². The molecule has 0 bridgehead atoms. The van der Waals surface area contributed by atoms with Crippen LogP contribution in [0, 0.1) is 0 Å². The van der Waals surface area contributed by atoms with Crippen molar-refractivity contribution in [2.75, 3.05) is 51.7 Å². The normalized spacial score (nSPS) is 15.2. The third kappa shape index (κ3) is 5.49. The maximum Gasteiger partial charge on any atom is 0.194 e. The van der Waals surface area contributed by atoms with Crippen LogP contribution < -0.4 is 10.2 Å². The number of hydrogen-bond donors (Lipinski definition) is 1. The maximum absolute atomic E-state index is 4.97. The fraction of sp³-hybridized carbons (Fsp3) is 0.435. The molecule has 1 heterocycles. The molecular weight excluding hydrogens is 346 g/mol. The lowest BCUT2D eigenvalue weighted by atomic mass is 10.1. The first-order valence-corrected chi connectivity index (χ1v) is 10.2. The fourth-order valence-corrected chi connectivity index (χ4v) is 3.61. The summed E-state index contributed by atoms with van der Waals surface area (Å²) in [6.45, 7) is 8.69. The highest BCUT2D eigenvalue weighted by atomic mass is 15.3. The number of guanidine groups is 1. The van der Waals surface area contributed by atoms with Crippen LogP contribution in [0.4, 0.5) is 5.69 Å². The molecule has 0 radical (unpaired) electrons. The molecule has 5 heteroatoms. The zero-order valence-corrected chi connectivity index (χ0v) is 17.4. The first-order chi connectivity index (χ1) is 13.7. The van der Waals surface area contributed by atoms with Gasteiger partial charge in [0.25, 0.3) is 0 Å². The molecule has 0 atom stereocenters. The molecule has 3 rings (SSSR count). The summed E-state index contributed by atoms with van der Waals surface area (Å²) in [7, 11) is 4.21. The SMILES string of the molecule is CCNC(=NCc1ccccc1CN(C)C)N1CCN(c2ccccc2)CC1. The van der Waals surface area contributed by atoms with Gasteiger partial charge in [0.15, 0.2) is 5.96 Å². The molecule has 0 amide bonds. The second-order valence-electron chi connectivity index (χ2n) is 7.49. The van der Waals surface area contributed by atoms with Gasteiger partial charge in [0.1, 0.15) is 0 Å². The van der Waals surface area contributed by atoms with Crippen LogP contribution in [-0.2, 0) is 13.1 Å². The maximum atomic E-state index is 4.97. The molecule has 1 saturated heterocycles. The number of para-hydroxylation sites is 1. The molecule has 2 aromatic rings. The minimum Gasteiger partial charge on any atom is -0.368 e. The molecule has 0 unspecified atom stereocenters. The molecule has 2 aromatic carbocycles. The van der Waals surface area contributed by atoms with Gasteiger partial charge in [-0.05, 0) is 44.3 Å². The van der Waals surface area contributed by atoms with Gasteiger partial charge in [-0.1, -0.05) is 42.5 Å². The van der Waals surface area contributed by atoms with Crippen molar-refractivity contribution < 1.29 is 0 Å². The Morgan fingerprint density at radius 3 is 2.21 bits per heavy atom. The van der Waals surface area contributed by atoms with Gasteiger partial charge in [-0.2, -0.15) is 0 Å². The molecule has 0 aliphatic carbocycles. The van der Waals surface area contributed by atoms with Gasteiger partial charge in [0.05, 0.1) is 6.54 Å². The van der Waals surface area contributed by atoms with E-state index in [0.29, 0.717) is 6.54 Å². The molecular formula is C23H33N5. The number of benzene rings is 2. The molecule has 0 aromatic heterocycles. The average molecular weight is 380 g/mol. The predicted molar refractivity (Wildman–Crippen MR) is 119 cm³/mol. The monoisotopic (exact) mass is 379 g/mol. The van der Waals surface area contributed by atoms with Gasteiger partial charge in [0.2, 0.25) is 0 Å². The topological polar surface area (TPSA) is 34.1 Å². The van der Waals surface area contributed by atoms with Crippen molar-refractivity contribution in [3.05, 3.63) is 65.7 Å². The van der Waals surface area contributed by atoms with E-state index in [0.717, 1.165) is 45.2 Å². The average Bonchev–Trinajstić information content (AvgIpc) is 2.72. The Kier molecular flexibility index (Phi) is 7.31. The first-order valence-electron chi connectivity index (χ1n) is 10.2. The third-order valence-corrected chi connectivity index (χ3v) is 5.04. The van der Waals surface area contributed by atoms with E-state index in [9.17, 15) is 0 Å². The van der Waals surface area contributed by atoms with Crippen LogP contribution in [0.2, 0.25) is 0 Å². The Morgan fingerprint density at radius 1 is 0.929 bits per heavy atom. The predicted octanol–water partition coefficient (Wildman–Crippen LogP) is 3.04. The van der Waals surface area contributed by atoms with E-state index in [1.807, 2.05) is 0 Å². The van der Waals surface area contributed by atoms with E-state index in [-0.39, 0.29) is 0 Å². The van der Waals surface area contributed by atoms with Crippen LogP contribution in [-0.4, -0.2) is 62.6 Å². The summed E-state index contributed by atoms with van der Waals surface area (Å²) in [5.74, 6) is 1.02. The van der Waals surface area contributed by atoms with Gasteiger partial charge in [-0.25, -0.2) is 4.99 Å². The van der Waals surface area contributed by atoms with Crippen LogP contribution in [0.15, 0.2) is 59.6 Å². The van der Waals surface area contributed by atoms with Gasteiger partial charge >= 0.3 is 0 Å². The molecule has 1 fully saturated rings. The lowest BCUT2D eigenvalue weighted by Crippen LogP contribution is -2.52. The number of piperazine rings is 1. The van der Waals surface area contributed by atoms with Crippen LogP contribution in [0.25, 0.3) is 0 Å². The minimum absolute atomic E-state index is 0.714. The van der Waals surface area contributed by atoms with E-state index in [1.165, 1.54) is 16.8 Å². The molecule has 0 spiro atoms. The molecule has 1 N–H and O–H groups in total. The molecule has 0 saturated carbocycles. The summed E-state index contributed by atoms with van der Waals surface area (Å²) < 4.78 is 0. The largest absolute Gasteiger partial charge is 0.368 e. The third-order valence-electron chi connectivity index (χ3n) is 5.04. The van der Waals surface area contributed by atoms with Crippen molar-refractivity contribution in [2.24, 2.45) is 4.99 Å². The molecule has 28 heavy (non-hydrogen) atoms. The molecule has 1 aliphatic rings. The van der Waals surface area contributed by atoms with Crippen molar-refractivity contribution in [1.82, 2.24) is 15.1 Å². The summed E-state index contributed by atoms with van der Waals surface area (Å²) in [6, 6.07) is 19.3. The number of hydrogen-bond acceptors (Lipinski definition) is 3. The second kappa shape index (κ2) is 10.1. The van der Waals surface area contributed by atoms with E-state index >= 15 is 0 Å². The van der Waals surface area contributed by atoms with Crippen molar-refractivity contribution in [2.45, 2.75) is 20.0 Å². The summed E-state index contributed by atoms with van der Waals surface area (Å²) in [5, 5.41) is 3.48. The summed E-state index contributed by atoms with van der Waals surface area (Å²) in [4.78, 5) is 12.0. The number of nitrogens with zero attached hydrogens (tertiary/aromatic N) is 4. The number of rotatable bonds is 6. The minimum atomic E-state index is 0.714. The number of anilines is 1. The van der Waals surface area contributed by atoms with Crippen molar-refractivity contribution in [1.29, 1.82) is 0 Å². The summed E-state index contributed by atoms with van der Waals surface area (Å²) in [5.41, 5.74) is 3.96.